The summed E-state index contributed by atoms with van der Waals surface area (Å²) in [6, 6.07) is 0. The molecule has 12 heavy (non-hydrogen) atoms. The Kier molecular flexibility index (Phi) is 3.46. The Hall–Kier alpha value is -0.160. The van der Waals surface area contributed by atoms with E-state index in [4.69, 9.17) is 9.84 Å². The fraction of sp³-hybridized carbons (Fsp3) is 1.00. The molecular weight excluding hydrogens is 160 g/mol. The Balaban J connectivity index is 2.50. The highest BCUT2D eigenvalue weighted by molar-refractivity contribution is 4.83. The maximum atomic E-state index is 9.39. The van der Waals surface area contributed by atoms with Crippen LogP contribution in [0.5, 0.6) is 0 Å². The third-order valence-electron chi connectivity index (χ3n) is 2.27. The first-order chi connectivity index (χ1) is 5.69. The molecule has 4 heteroatoms. The first-order valence-corrected chi connectivity index (χ1v) is 4.31. The number of aliphatic hydroxyl groups excluding tert-OH is 3. The van der Waals surface area contributed by atoms with Gasteiger partial charge in [-0.05, 0) is 6.42 Å². The topological polar surface area (TPSA) is 69.9 Å². The minimum atomic E-state index is -0.743. The molecule has 72 valence electrons. The molecule has 1 heterocycles. The van der Waals surface area contributed by atoms with Crippen molar-refractivity contribution in [2.45, 2.75) is 44.2 Å². The summed E-state index contributed by atoms with van der Waals surface area (Å²) in [6.07, 6.45) is -1.13. The van der Waals surface area contributed by atoms with Crippen LogP contribution in [0.3, 0.4) is 0 Å². The molecule has 0 spiro atoms. The van der Waals surface area contributed by atoms with Gasteiger partial charge < -0.3 is 20.1 Å². The van der Waals surface area contributed by atoms with Crippen molar-refractivity contribution >= 4 is 0 Å². The van der Waals surface area contributed by atoms with Gasteiger partial charge >= 0.3 is 0 Å². The molecule has 1 aliphatic heterocycles. The van der Waals surface area contributed by atoms with Gasteiger partial charge in [0.15, 0.2) is 0 Å². The molecule has 2 unspecified atom stereocenters. The molecule has 0 radical (unpaired) electrons. The Morgan fingerprint density at radius 2 is 1.83 bits per heavy atom. The zero-order valence-corrected chi connectivity index (χ0v) is 7.18. The molecule has 0 amide bonds. The maximum Gasteiger partial charge on any atom is 0.107 e. The van der Waals surface area contributed by atoms with E-state index in [2.05, 4.69) is 0 Å². The van der Waals surface area contributed by atoms with Crippen molar-refractivity contribution in [2.75, 3.05) is 6.61 Å². The van der Waals surface area contributed by atoms with Crippen LogP contribution >= 0.6 is 0 Å². The first kappa shape index (κ1) is 9.92. The highest BCUT2D eigenvalue weighted by Gasteiger charge is 2.34. The van der Waals surface area contributed by atoms with Gasteiger partial charge in [-0.1, -0.05) is 6.92 Å². The van der Waals surface area contributed by atoms with Crippen molar-refractivity contribution in [1.82, 2.24) is 0 Å². The van der Waals surface area contributed by atoms with Crippen LogP contribution in [0.25, 0.3) is 0 Å². The standard InChI is InChI=1S/C8H16O4/c1-2-7-5(10)3-6(11)8(4-9)12-7/h5-11H,2-4H2,1H3/t5?,6-,7-,8?/m1/s1. The molecule has 0 aromatic rings. The van der Waals surface area contributed by atoms with E-state index >= 15 is 0 Å². The molecule has 1 aliphatic rings. The van der Waals surface area contributed by atoms with E-state index < -0.39 is 18.3 Å². The number of hydrogen-bond donors (Lipinski definition) is 3. The van der Waals surface area contributed by atoms with Crippen LogP contribution in [-0.4, -0.2) is 46.3 Å². The minimum absolute atomic E-state index is 0.190. The summed E-state index contributed by atoms with van der Waals surface area (Å²) in [4.78, 5) is 0. The van der Waals surface area contributed by atoms with Gasteiger partial charge in [0, 0.05) is 6.42 Å². The average Bonchev–Trinajstić information content (AvgIpc) is 2.05. The summed E-state index contributed by atoms with van der Waals surface area (Å²) in [6.45, 7) is 1.71. The summed E-state index contributed by atoms with van der Waals surface area (Å²) in [5.74, 6) is 0. The normalized spacial score (nSPS) is 43.0. The van der Waals surface area contributed by atoms with E-state index in [1.54, 1.807) is 0 Å². The van der Waals surface area contributed by atoms with Gasteiger partial charge in [-0.2, -0.15) is 0 Å². The molecule has 1 fully saturated rings. The Morgan fingerprint density at radius 1 is 1.25 bits per heavy atom. The second kappa shape index (κ2) is 4.18. The number of rotatable bonds is 2. The molecular formula is C8H16O4. The third kappa shape index (κ3) is 1.95. The fourth-order valence-corrected chi connectivity index (χ4v) is 1.49. The van der Waals surface area contributed by atoms with Gasteiger partial charge in [0.1, 0.15) is 6.10 Å². The second-order valence-corrected chi connectivity index (χ2v) is 3.17. The average molecular weight is 176 g/mol. The lowest BCUT2D eigenvalue weighted by atomic mass is 9.97. The summed E-state index contributed by atoms with van der Waals surface area (Å²) in [7, 11) is 0. The van der Waals surface area contributed by atoms with Crippen LogP contribution in [-0.2, 0) is 4.74 Å². The van der Waals surface area contributed by atoms with Gasteiger partial charge in [0.2, 0.25) is 0 Å². The van der Waals surface area contributed by atoms with Crippen molar-refractivity contribution in [3.8, 4) is 0 Å². The van der Waals surface area contributed by atoms with E-state index in [1.807, 2.05) is 6.92 Å². The zero-order valence-electron chi connectivity index (χ0n) is 7.18. The van der Waals surface area contributed by atoms with Crippen molar-refractivity contribution < 1.29 is 20.1 Å². The van der Waals surface area contributed by atoms with E-state index in [9.17, 15) is 10.2 Å². The predicted octanol–water partition coefficient (Wildman–Crippen LogP) is -0.732. The number of ether oxygens (including phenoxy) is 1. The largest absolute Gasteiger partial charge is 0.394 e. The predicted molar refractivity (Wildman–Crippen MR) is 42.7 cm³/mol. The smallest absolute Gasteiger partial charge is 0.107 e. The first-order valence-electron chi connectivity index (χ1n) is 4.31. The van der Waals surface area contributed by atoms with Crippen LogP contribution < -0.4 is 0 Å². The van der Waals surface area contributed by atoms with Crippen LogP contribution in [0.15, 0.2) is 0 Å². The third-order valence-corrected chi connectivity index (χ3v) is 2.27. The van der Waals surface area contributed by atoms with Gasteiger partial charge in [-0.25, -0.2) is 0 Å². The van der Waals surface area contributed by atoms with Crippen LogP contribution in [0, 0.1) is 0 Å². The zero-order chi connectivity index (χ0) is 9.14. The highest BCUT2D eigenvalue weighted by Crippen LogP contribution is 2.21. The van der Waals surface area contributed by atoms with E-state index in [0.29, 0.717) is 12.8 Å². The fourth-order valence-electron chi connectivity index (χ4n) is 1.49. The van der Waals surface area contributed by atoms with E-state index in [-0.39, 0.29) is 12.7 Å². The monoisotopic (exact) mass is 176 g/mol. The SMILES string of the molecule is CC[C@H]1OC(CO)[C@H](O)CC1O. The molecule has 4 nitrogen and oxygen atoms in total. The molecule has 0 bridgehead atoms. The molecule has 1 rings (SSSR count). The van der Waals surface area contributed by atoms with Crippen molar-refractivity contribution in [2.24, 2.45) is 0 Å². The van der Waals surface area contributed by atoms with E-state index in [0.717, 1.165) is 0 Å². The summed E-state index contributed by atoms with van der Waals surface area (Å²) in [5, 5.41) is 27.5. The van der Waals surface area contributed by atoms with Crippen LogP contribution in [0.2, 0.25) is 0 Å². The second-order valence-electron chi connectivity index (χ2n) is 3.17. The molecule has 3 N–H and O–H groups in total. The van der Waals surface area contributed by atoms with E-state index in [1.165, 1.54) is 0 Å². The number of aliphatic hydroxyl groups is 3. The summed E-state index contributed by atoms with van der Waals surface area (Å²) < 4.78 is 5.26. The highest BCUT2D eigenvalue weighted by atomic mass is 16.5. The van der Waals surface area contributed by atoms with Crippen molar-refractivity contribution in [3.05, 3.63) is 0 Å². The van der Waals surface area contributed by atoms with Gasteiger partial charge in [-0.3, -0.25) is 0 Å². The molecule has 0 aliphatic carbocycles. The summed E-state index contributed by atoms with van der Waals surface area (Å²) in [5.41, 5.74) is 0. The van der Waals surface area contributed by atoms with Gasteiger partial charge in [0.05, 0.1) is 24.9 Å². The van der Waals surface area contributed by atoms with Crippen molar-refractivity contribution in [3.63, 3.8) is 0 Å². The lowest BCUT2D eigenvalue weighted by Crippen LogP contribution is -2.48. The summed E-state index contributed by atoms with van der Waals surface area (Å²) >= 11 is 0. The quantitative estimate of drug-likeness (QED) is 0.518. The Morgan fingerprint density at radius 3 is 2.33 bits per heavy atom. The molecule has 0 aromatic carbocycles. The lowest BCUT2D eigenvalue weighted by molar-refractivity contribution is -0.179. The molecule has 4 atom stereocenters. The Labute approximate surface area is 71.8 Å². The molecule has 0 saturated carbocycles. The van der Waals surface area contributed by atoms with Gasteiger partial charge in [-0.15, -0.1) is 0 Å². The van der Waals surface area contributed by atoms with Crippen LogP contribution in [0.4, 0.5) is 0 Å². The Bertz CT molecular complexity index is 125. The minimum Gasteiger partial charge on any atom is -0.394 e. The molecule has 0 aromatic heterocycles. The van der Waals surface area contributed by atoms with Gasteiger partial charge in [0.25, 0.3) is 0 Å². The van der Waals surface area contributed by atoms with Crippen molar-refractivity contribution in [1.29, 1.82) is 0 Å². The lowest BCUT2D eigenvalue weighted by Gasteiger charge is -2.36. The maximum absolute atomic E-state index is 9.39. The van der Waals surface area contributed by atoms with Crippen LogP contribution in [0.1, 0.15) is 19.8 Å². The number of hydrogen-bond acceptors (Lipinski definition) is 4. The molecule has 1 saturated heterocycles.